The summed E-state index contributed by atoms with van der Waals surface area (Å²) in [7, 11) is -2.45. The lowest BCUT2D eigenvalue weighted by molar-refractivity contribution is -0.143. The van der Waals surface area contributed by atoms with Crippen molar-refractivity contribution in [1.29, 1.82) is 0 Å². The Kier molecular flexibility index (Phi) is 8.58. The Morgan fingerprint density at radius 3 is 1.70 bits per heavy atom. The molecule has 2 atom stereocenters. The second-order valence-corrected chi connectivity index (χ2v) is 17.7. The van der Waals surface area contributed by atoms with E-state index in [9.17, 15) is 45.1 Å². The molecule has 44 heavy (non-hydrogen) atoms. The molecule has 2 aliphatic rings. The van der Waals surface area contributed by atoms with E-state index in [1.165, 1.54) is 24.3 Å². The molecule has 4 rings (SSSR count). The smallest absolute Gasteiger partial charge is 0.319 e. The number of nitrogens with one attached hydrogen (secondary N) is 1. The number of carbonyl (C=O) groups excluding carboxylic acids is 3. The standard InChI is InChI=1S/C31H31F7N2O3Si/c1-15(2)44(16(3)4,17(5)6)14-12-18-11-13-30(18,40-27(41)19-9-7-8-10-20(19)28(40)42)29(43)39-26-24(34)22(32)21(31(36,37)38)23(33)25(26)35/h7-10,15-18H,11,13H2,1-6H3,(H,39,43). The molecule has 1 heterocycles. The maximum absolute atomic E-state index is 14.9. The van der Waals surface area contributed by atoms with Crippen molar-refractivity contribution in [1.82, 2.24) is 4.90 Å². The molecule has 0 spiro atoms. The van der Waals surface area contributed by atoms with E-state index in [2.05, 4.69) is 11.5 Å². The number of hydrogen-bond donors (Lipinski definition) is 1. The van der Waals surface area contributed by atoms with Crippen LogP contribution in [0.25, 0.3) is 0 Å². The van der Waals surface area contributed by atoms with Crippen molar-refractivity contribution in [2.24, 2.45) is 5.92 Å². The van der Waals surface area contributed by atoms with Gasteiger partial charge in [-0.3, -0.25) is 19.3 Å². The van der Waals surface area contributed by atoms with Crippen LogP contribution in [0.5, 0.6) is 0 Å². The minimum Gasteiger partial charge on any atom is -0.319 e. The third kappa shape index (κ3) is 4.82. The van der Waals surface area contributed by atoms with Gasteiger partial charge in [-0.25, -0.2) is 17.6 Å². The Labute approximate surface area is 251 Å². The Bertz CT molecular complexity index is 1520. The molecule has 0 bridgehead atoms. The van der Waals surface area contributed by atoms with Gasteiger partial charge in [0.1, 0.15) is 24.9 Å². The molecule has 1 aliphatic heterocycles. The molecule has 236 valence electrons. The molecule has 0 radical (unpaired) electrons. The lowest BCUT2D eigenvalue weighted by Crippen LogP contribution is -2.68. The number of nitrogens with zero attached hydrogens (tertiary/aromatic N) is 1. The van der Waals surface area contributed by atoms with Crippen LogP contribution in [-0.2, 0) is 11.0 Å². The molecule has 2 unspecified atom stereocenters. The van der Waals surface area contributed by atoms with Crippen LogP contribution in [0.1, 0.15) is 80.7 Å². The van der Waals surface area contributed by atoms with Gasteiger partial charge in [0.2, 0.25) is 0 Å². The zero-order valence-corrected chi connectivity index (χ0v) is 25.9. The van der Waals surface area contributed by atoms with E-state index in [0.717, 1.165) is 0 Å². The normalized spacial score (nSPS) is 20.2. The topological polar surface area (TPSA) is 66.5 Å². The van der Waals surface area contributed by atoms with Crippen molar-refractivity contribution in [3.63, 3.8) is 0 Å². The van der Waals surface area contributed by atoms with Crippen molar-refractivity contribution < 1.29 is 45.1 Å². The minimum absolute atomic E-state index is 0.0393. The lowest BCUT2D eigenvalue weighted by atomic mass is 9.65. The van der Waals surface area contributed by atoms with Crippen molar-refractivity contribution in [2.45, 2.75) is 82.7 Å². The molecule has 0 saturated heterocycles. The van der Waals surface area contributed by atoms with Gasteiger partial charge in [-0.2, -0.15) is 13.2 Å². The fraction of sp³-hybridized carbons (Fsp3) is 0.452. The van der Waals surface area contributed by atoms with Crippen LogP contribution in [0.3, 0.4) is 0 Å². The highest BCUT2D eigenvalue weighted by atomic mass is 28.3. The average molecular weight is 641 g/mol. The first kappa shape index (κ1) is 33.2. The van der Waals surface area contributed by atoms with Gasteiger partial charge >= 0.3 is 6.18 Å². The summed E-state index contributed by atoms with van der Waals surface area (Å²) in [4.78, 5) is 41.8. The van der Waals surface area contributed by atoms with Crippen LogP contribution in [0.15, 0.2) is 24.3 Å². The largest absolute Gasteiger partial charge is 0.422 e. The molecular formula is C31H31F7N2O3Si. The van der Waals surface area contributed by atoms with Gasteiger partial charge in [0, 0.05) is 0 Å². The average Bonchev–Trinajstić information content (AvgIpc) is 3.16. The molecule has 2 aromatic rings. The summed E-state index contributed by atoms with van der Waals surface area (Å²) in [5, 5.41) is 1.68. The van der Waals surface area contributed by atoms with Crippen LogP contribution >= 0.6 is 0 Å². The van der Waals surface area contributed by atoms with Gasteiger partial charge in [0.15, 0.2) is 23.3 Å². The first-order chi connectivity index (χ1) is 20.3. The Morgan fingerprint density at radius 1 is 0.886 bits per heavy atom. The highest BCUT2D eigenvalue weighted by molar-refractivity contribution is 6.90. The van der Waals surface area contributed by atoms with Crippen LogP contribution in [0, 0.1) is 40.7 Å². The summed E-state index contributed by atoms with van der Waals surface area (Å²) in [6, 6.07) is 5.69. The van der Waals surface area contributed by atoms with Crippen molar-refractivity contribution in [2.75, 3.05) is 5.32 Å². The molecule has 1 fully saturated rings. The molecule has 1 saturated carbocycles. The number of amides is 3. The summed E-state index contributed by atoms with van der Waals surface area (Å²) in [5.41, 5.74) is -3.01. The van der Waals surface area contributed by atoms with Crippen LogP contribution in [-0.4, -0.2) is 36.2 Å². The molecule has 3 amide bonds. The predicted molar refractivity (Wildman–Crippen MR) is 151 cm³/mol. The number of alkyl halides is 3. The van der Waals surface area contributed by atoms with Crippen molar-refractivity contribution in [3.05, 3.63) is 64.2 Å². The Balaban J connectivity index is 1.89. The molecule has 2 aromatic carbocycles. The van der Waals surface area contributed by atoms with E-state index in [-0.39, 0.29) is 40.6 Å². The van der Waals surface area contributed by atoms with Gasteiger partial charge in [0.05, 0.1) is 17.0 Å². The fourth-order valence-corrected chi connectivity index (χ4v) is 12.1. The lowest BCUT2D eigenvalue weighted by Gasteiger charge is -2.50. The summed E-state index contributed by atoms with van der Waals surface area (Å²) in [6.45, 7) is 12.2. The highest BCUT2D eigenvalue weighted by Crippen LogP contribution is 2.49. The summed E-state index contributed by atoms with van der Waals surface area (Å²) >= 11 is 0. The number of fused-ring (bicyclic) bond motifs is 1. The van der Waals surface area contributed by atoms with Gasteiger partial charge in [-0.05, 0) is 41.6 Å². The fourth-order valence-electron chi connectivity index (χ4n) is 6.80. The van der Waals surface area contributed by atoms with Gasteiger partial charge in [-0.1, -0.05) is 53.7 Å². The van der Waals surface area contributed by atoms with Gasteiger partial charge < -0.3 is 5.32 Å². The summed E-state index contributed by atoms with van der Waals surface area (Å²) in [6.07, 6.45) is -5.83. The van der Waals surface area contributed by atoms with E-state index in [1.807, 2.05) is 41.5 Å². The first-order valence-electron chi connectivity index (χ1n) is 14.1. The van der Waals surface area contributed by atoms with Crippen molar-refractivity contribution in [3.8, 4) is 11.5 Å². The highest BCUT2D eigenvalue weighted by Gasteiger charge is 2.62. The van der Waals surface area contributed by atoms with Gasteiger partial charge in [-0.15, -0.1) is 11.5 Å². The van der Waals surface area contributed by atoms with E-state index in [0.29, 0.717) is 4.90 Å². The van der Waals surface area contributed by atoms with Crippen LogP contribution in [0.4, 0.5) is 36.4 Å². The Morgan fingerprint density at radius 2 is 1.34 bits per heavy atom. The summed E-state index contributed by atoms with van der Waals surface area (Å²) in [5.74, 6) is -11.6. The quantitative estimate of drug-likeness (QED) is 0.115. The van der Waals surface area contributed by atoms with E-state index in [4.69, 9.17) is 0 Å². The molecule has 0 aromatic heterocycles. The zero-order chi connectivity index (χ0) is 33.1. The second-order valence-electron chi connectivity index (χ2n) is 12.1. The Hall–Kier alpha value is -3.66. The van der Waals surface area contributed by atoms with E-state index >= 15 is 0 Å². The number of halogens is 7. The van der Waals surface area contributed by atoms with Crippen molar-refractivity contribution >= 4 is 31.5 Å². The molecular weight excluding hydrogens is 609 g/mol. The molecule has 1 N–H and O–H groups in total. The third-order valence-electron chi connectivity index (χ3n) is 9.09. The second kappa shape index (κ2) is 11.4. The maximum atomic E-state index is 14.9. The monoisotopic (exact) mass is 640 g/mol. The van der Waals surface area contributed by atoms with E-state index < -0.39 is 77.9 Å². The molecule has 13 heteroatoms. The number of rotatable bonds is 6. The maximum Gasteiger partial charge on any atom is 0.422 e. The number of imide groups is 1. The minimum atomic E-state index is -5.78. The number of carbonyl (C=O) groups is 3. The molecule has 1 aliphatic carbocycles. The third-order valence-corrected chi connectivity index (χ3v) is 15.4. The molecule has 5 nitrogen and oxygen atoms in total. The van der Waals surface area contributed by atoms with Crippen LogP contribution < -0.4 is 5.32 Å². The number of anilines is 1. The summed E-state index contributed by atoms with van der Waals surface area (Å²) < 4.78 is 98.0. The van der Waals surface area contributed by atoms with E-state index in [1.54, 1.807) is 5.32 Å². The first-order valence-corrected chi connectivity index (χ1v) is 16.3. The van der Waals surface area contributed by atoms with Crippen LogP contribution in [0.2, 0.25) is 16.6 Å². The zero-order valence-electron chi connectivity index (χ0n) is 24.9. The predicted octanol–water partition coefficient (Wildman–Crippen LogP) is 7.87. The SMILES string of the molecule is CC(C)[Si](C#CC1CCC1(C(=O)Nc1c(F)c(F)c(C(F)(F)F)c(F)c1F)N1C(=O)c2ccccc2C1=O)(C(C)C)C(C)C. The number of hydrogen-bond acceptors (Lipinski definition) is 3. The van der Waals surface area contributed by atoms with Gasteiger partial charge in [0.25, 0.3) is 17.7 Å². The number of benzene rings is 2.